The first-order valence-corrected chi connectivity index (χ1v) is 15.4. The maximum Gasteiger partial charge on any atom is 0.338 e. The summed E-state index contributed by atoms with van der Waals surface area (Å²) in [6.45, 7) is 4.40. The largest absolute Gasteiger partial charge is 0.489 e. The van der Waals surface area contributed by atoms with Gasteiger partial charge in [0.2, 0.25) is 6.79 Å². The first-order chi connectivity index (χ1) is 20.4. The molecule has 0 radical (unpaired) electrons. The average molecular weight is 601 g/mol. The molecule has 0 N–H and O–H groups in total. The molecule has 1 atom stereocenters. The van der Waals surface area contributed by atoms with E-state index in [0.29, 0.717) is 33.0 Å². The molecule has 0 amide bonds. The molecule has 214 valence electrons. The van der Waals surface area contributed by atoms with Crippen molar-refractivity contribution >= 4 is 35.1 Å². The third-order valence-electron chi connectivity index (χ3n) is 6.97. The molecule has 0 saturated heterocycles. The number of fused-ring (bicyclic) bond motifs is 2. The Morgan fingerprint density at radius 2 is 1.86 bits per heavy atom. The summed E-state index contributed by atoms with van der Waals surface area (Å²) >= 11 is 2.93. The standard InChI is InChI=1S/C32H28N2O6S2/c1-4-37-31(36)28-19(2)33-32-34(29(28)22-8-12-24(41-3)13-9-22)30(35)27(42-32)16-20-5-10-23(11-6-20)38-17-21-7-14-25-26(15-21)40-18-39-25/h5-16,29H,4,17-18H2,1-3H3/b27-16-/t29-/m1/s1. The van der Waals surface area contributed by atoms with E-state index >= 15 is 0 Å². The molecule has 10 heteroatoms. The van der Waals surface area contributed by atoms with E-state index in [-0.39, 0.29) is 19.0 Å². The molecule has 42 heavy (non-hydrogen) atoms. The van der Waals surface area contributed by atoms with Crippen LogP contribution in [0.5, 0.6) is 17.2 Å². The molecule has 0 aliphatic carbocycles. The van der Waals surface area contributed by atoms with Crippen molar-refractivity contribution in [2.45, 2.75) is 31.4 Å². The molecular formula is C32H28N2O6S2. The fourth-order valence-corrected chi connectivity index (χ4v) is 6.36. The minimum absolute atomic E-state index is 0.213. The van der Waals surface area contributed by atoms with Crippen molar-refractivity contribution in [3.05, 3.63) is 114 Å². The highest BCUT2D eigenvalue weighted by Gasteiger charge is 2.33. The quantitative estimate of drug-likeness (QED) is 0.212. The van der Waals surface area contributed by atoms with E-state index < -0.39 is 12.0 Å². The fourth-order valence-electron chi connectivity index (χ4n) is 4.90. The Balaban J connectivity index is 1.30. The highest BCUT2D eigenvalue weighted by molar-refractivity contribution is 7.98. The summed E-state index contributed by atoms with van der Waals surface area (Å²) in [7, 11) is 0. The maximum atomic E-state index is 13.8. The number of carbonyl (C=O) groups excluding carboxylic acids is 1. The van der Waals surface area contributed by atoms with Crippen molar-refractivity contribution in [1.82, 2.24) is 4.57 Å². The highest BCUT2D eigenvalue weighted by atomic mass is 32.2. The van der Waals surface area contributed by atoms with Crippen LogP contribution in [0.1, 0.15) is 36.6 Å². The Bertz CT molecular complexity index is 1860. The second kappa shape index (κ2) is 11.9. The topological polar surface area (TPSA) is 88.4 Å². The van der Waals surface area contributed by atoms with Crippen LogP contribution < -0.4 is 29.1 Å². The number of esters is 1. The van der Waals surface area contributed by atoms with Crippen LogP contribution in [0.3, 0.4) is 0 Å². The van der Waals surface area contributed by atoms with Crippen molar-refractivity contribution in [3.8, 4) is 17.2 Å². The summed E-state index contributed by atoms with van der Waals surface area (Å²) in [5.41, 5.74) is 3.34. The van der Waals surface area contributed by atoms with E-state index in [4.69, 9.17) is 18.9 Å². The van der Waals surface area contributed by atoms with Crippen molar-refractivity contribution in [2.75, 3.05) is 19.7 Å². The van der Waals surface area contributed by atoms with E-state index in [9.17, 15) is 9.59 Å². The van der Waals surface area contributed by atoms with Crippen LogP contribution in [0.4, 0.5) is 0 Å². The van der Waals surface area contributed by atoms with Crippen LogP contribution in [0.25, 0.3) is 6.08 Å². The molecule has 0 spiro atoms. The predicted octanol–water partition coefficient (Wildman–Crippen LogP) is 4.83. The SMILES string of the molecule is CCOC(=O)C1=C(C)N=c2s/c(=C\c3ccc(OCc4ccc5c(c4)OCO5)cc3)c(=O)n2[C@@H]1c1ccc(SC)cc1. The summed E-state index contributed by atoms with van der Waals surface area (Å²) in [5, 5.41) is 0. The number of aromatic nitrogens is 1. The second-order valence-corrected chi connectivity index (χ2v) is 11.5. The van der Waals surface area contributed by atoms with E-state index in [1.54, 1.807) is 30.2 Å². The van der Waals surface area contributed by atoms with Gasteiger partial charge in [-0.05, 0) is 79.3 Å². The minimum atomic E-state index is -0.634. The minimum Gasteiger partial charge on any atom is -0.489 e. The molecule has 0 unspecified atom stereocenters. The lowest BCUT2D eigenvalue weighted by Crippen LogP contribution is -2.39. The van der Waals surface area contributed by atoms with Crippen molar-refractivity contribution < 1.29 is 23.7 Å². The molecule has 2 aliphatic rings. The van der Waals surface area contributed by atoms with Crippen LogP contribution >= 0.6 is 23.1 Å². The van der Waals surface area contributed by atoms with E-state index in [2.05, 4.69) is 4.99 Å². The van der Waals surface area contributed by atoms with E-state index in [0.717, 1.165) is 33.1 Å². The molecule has 0 saturated carbocycles. The maximum absolute atomic E-state index is 13.8. The van der Waals surface area contributed by atoms with Crippen LogP contribution in [-0.2, 0) is 16.1 Å². The molecule has 3 aromatic carbocycles. The fraction of sp³-hybridized carbons (Fsp3) is 0.219. The number of rotatable bonds is 8. The smallest absolute Gasteiger partial charge is 0.338 e. The van der Waals surface area contributed by atoms with Gasteiger partial charge in [-0.1, -0.05) is 41.7 Å². The molecule has 3 heterocycles. The van der Waals surface area contributed by atoms with Gasteiger partial charge in [-0.25, -0.2) is 9.79 Å². The molecule has 2 aliphatic heterocycles. The Morgan fingerprint density at radius 3 is 2.60 bits per heavy atom. The van der Waals surface area contributed by atoms with Gasteiger partial charge in [0.05, 0.1) is 28.5 Å². The monoisotopic (exact) mass is 600 g/mol. The lowest BCUT2D eigenvalue weighted by atomic mass is 9.96. The first-order valence-electron chi connectivity index (χ1n) is 13.4. The Kier molecular flexibility index (Phi) is 7.90. The number of hydrogen-bond donors (Lipinski definition) is 0. The van der Waals surface area contributed by atoms with Crippen LogP contribution in [0, 0.1) is 0 Å². The van der Waals surface area contributed by atoms with Crippen molar-refractivity contribution in [1.29, 1.82) is 0 Å². The Labute approximate surface area is 250 Å². The van der Waals surface area contributed by atoms with Crippen LogP contribution in [-0.4, -0.2) is 30.2 Å². The third-order valence-corrected chi connectivity index (χ3v) is 8.70. The number of thioether (sulfide) groups is 1. The lowest BCUT2D eigenvalue weighted by molar-refractivity contribution is -0.139. The summed E-state index contributed by atoms with van der Waals surface area (Å²) in [6.07, 6.45) is 3.84. The summed E-state index contributed by atoms with van der Waals surface area (Å²) in [4.78, 5) is 33.2. The molecule has 0 fully saturated rings. The first kappa shape index (κ1) is 27.9. The van der Waals surface area contributed by atoms with Crippen molar-refractivity contribution in [3.63, 3.8) is 0 Å². The van der Waals surface area contributed by atoms with Gasteiger partial charge in [-0.3, -0.25) is 9.36 Å². The predicted molar refractivity (Wildman–Crippen MR) is 162 cm³/mol. The van der Waals surface area contributed by atoms with Gasteiger partial charge in [0.1, 0.15) is 12.4 Å². The lowest BCUT2D eigenvalue weighted by Gasteiger charge is -2.24. The van der Waals surface area contributed by atoms with Gasteiger partial charge in [-0.15, -0.1) is 11.8 Å². The van der Waals surface area contributed by atoms with Crippen LogP contribution in [0.15, 0.2) is 92.7 Å². The molecule has 0 bridgehead atoms. The number of ether oxygens (including phenoxy) is 4. The van der Waals surface area contributed by atoms with Gasteiger partial charge in [-0.2, -0.15) is 0 Å². The zero-order chi connectivity index (χ0) is 29.2. The van der Waals surface area contributed by atoms with Gasteiger partial charge < -0.3 is 18.9 Å². The van der Waals surface area contributed by atoms with Gasteiger partial charge in [0.15, 0.2) is 16.3 Å². The second-order valence-electron chi connectivity index (χ2n) is 9.62. The molecule has 6 rings (SSSR count). The molecule has 4 aromatic rings. The number of allylic oxidation sites excluding steroid dienone is 1. The Morgan fingerprint density at radius 1 is 1.10 bits per heavy atom. The number of benzene rings is 3. The van der Waals surface area contributed by atoms with Crippen molar-refractivity contribution in [2.24, 2.45) is 4.99 Å². The highest BCUT2D eigenvalue weighted by Crippen LogP contribution is 2.33. The number of thiazole rings is 1. The number of carbonyl (C=O) groups is 1. The van der Waals surface area contributed by atoms with E-state index in [1.165, 1.54) is 11.3 Å². The van der Waals surface area contributed by atoms with Gasteiger partial charge >= 0.3 is 5.97 Å². The van der Waals surface area contributed by atoms with Gasteiger partial charge in [0.25, 0.3) is 5.56 Å². The normalized spacial score (nSPS) is 15.8. The molecule has 8 nitrogen and oxygen atoms in total. The summed E-state index contributed by atoms with van der Waals surface area (Å²) in [5.74, 6) is 1.69. The Hall–Kier alpha value is -4.28. The molecule has 1 aromatic heterocycles. The number of nitrogens with zero attached hydrogens (tertiary/aromatic N) is 2. The summed E-state index contributed by atoms with van der Waals surface area (Å²) < 4.78 is 24.3. The van der Waals surface area contributed by atoms with E-state index in [1.807, 2.05) is 79.1 Å². The zero-order valence-corrected chi connectivity index (χ0v) is 24.9. The number of hydrogen-bond acceptors (Lipinski definition) is 9. The third kappa shape index (κ3) is 5.47. The van der Waals surface area contributed by atoms with Gasteiger partial charge in [0, 0.05) is 4.90 Å². The van der Waals surface area contributed by atoms with Crippen LogP contribution in [0.2, 0.25) is 0 Å². The average Bonchev–Trinajstić information content (AvgIpc) is 3.59. The zero-order valence-electron chi connectivity index (χ0n) is 23.3. The summed E-state index contributed by atoms with van der Waals surface area (Å²) in [6, 6.07) is 20.5. The molecular weight excluding hydrogens is 572 g/mol.